The summed E-state index contributed by atoms with van der Waals surface area (Å²) in [6.45, 7) is 5.11. The number of aryl methyl sites for hydroxylation is 1. The van der Waals surface area contributed by atoms with Crippen molar-refractivity contribution in [2.45, 2.75) is 44.4 Å². The molecule has 35 heavy (non-hydrogen) atoms. The summed E-state index contributed by atoms with van der Waals surface area (Å²) >= 11 is 1.48. The molecule has 0 unspecified atom stereocenters. The molecule has 1 amide bonds. The number of unbranched alkanes of at least 4 members (excludes halogenated alkanes) is 2. The van der Waals surface area contributed by atoms with Gasteiger partial charge >= 0.3 is 0 Å². The first-order valence-corrected chi connectivity index (χ1v) is 14.3. The quantitative estimate of drug-likeness (QED) is 0.289. The number of sulfonamides is 1. The van der Waals surface area contributed by atoms with E-state index < -0.39 is 15.9 Å². The van der Waals surface area contributed by atoms with Gasteiger partial charge < -0.3 is 4.57 Å². The van der Waals surface area contributed by atoms with E-state index in [-0.39, 0.29) is 4.90 Å². The van der Waals surface area contributed by atoms with Crippen LogP contribution in [0.25, 0.3) is 21.0 Å². The van der Waals surface area contributed by atoms with Crippen molar-refractivity contribution in [3.63, 3.8) is 0 Å². The lowest BCUT2D eigenvalue weighted by Gasteiger charge is -2.22. The van der Waals surface area contributed by atoms with Crippen LogP contribution in [0.2, 0.25) is 0 Å². The van der Waals surface area contributed by atoms with Gasteiger partial charge in [0.15, 0.2) is 4.80 Å². The summed E-state index contributed by atoms with van der Waals surface area (Å²) in [6.07, 6.45) is 3.50. The third-order valence-electron chi connectivity index (χ3n) is 6.16. The molecule has 1 heterocycles. The van der Waals surface area contributed by atoms with E-state index in [0.29, 0.717) is 23.5 Å². The van der Waals surface area contributed by atoms with Gasteiger partial charge in [0.1, 0.15) is 0 Å². The smallest absolute Gasteiger partial charge is 0.279 e. The van der Waals surface area contributed by atoms with Crippen LogP contribution in [0.5, 0.6) is 0 Å². The van der Waals surface area contributed by atoms with Crippen molar-refractivity contribution in [3.8, 4) is 0 Å². The molecule has 3 aromatic carbocycles. The minimum absolute atomic E-state index is 0.208. The van der Waals surface area contributed by atoms with Crippen LogP contribution in [0.15, 0.2) is 70.6 Å². The maximum absolute atomic E-state index is 13.2. The Morgan fingerprint density at radius 1 is 0.943 bits per heavy atom. The molecule has 0 radical (unpaired) electrons. The van der Waals surface area contributed by atoms with Gasteiger partial charge in [-0.3, -0.25) is 4.79 Å². The highest BCUT2D eigenvalue weighted by atomic mass is 32.2. The van der Waals surface area contributed by atoms with Crippen LogP contribution in [0.3, 0.4) is 0 Å². The number of aromatic nitrogens is 1. The number of nitrogens with zero attached hydrogens (tertiary/aromatic N) is 3. The Bertz CT molecular complexity index is 1510. The van der Waals surface area contributed by atoms with Crippen LogP contribution >= 0.6 is 11.3 Å². The predicted octanol–water partition coefficient (Wildman–Crippen LogP) is 5.73. The second kappa shape index (κ2) is 10.8. The lowest BCUT2D eigenvalue weighted by Crippen LogP contribution is -2.33. The van der Waals surface area contributed by atoms with Gasteiger partial charge in [-0.25, -0.2) is 8.42 Å². The van der Waals surface area contributed by atoms with Gasteiger partial charge in [-0.2, -0.15) is 9.30 Å². The Hall–Kier alpha value is -2.81. The maximum atomic E-state index is 13.2. The molecule has 1 aromatic heterocycles. The van der Waals surface area contributed by atoms with Gasteiger partial charge in [-0.1, -0.05) is 68.4 Å². The topological polar surface area (TPSA) is 71.7 Å². The van der Waals surface area contributed by atoms with E-state index in [4.69, 9.17) is 0 Å². The average Bonchev–Trinajstić information content (AvgIpc) is 3.19. The fourth-order valence-electron chi connectivity index (χ4n) is 4.05. The van der Waals surface area contributed by atoms with Crippen LogP contribution in [-0.2, 0) is 17.1 Å². The van der Waals surface area contributed by atoms with E-state index in [1.54, 1.807) is 16.4 Å². The van der Waals surface area contributed by atoms with Gasteiger partial charge in [0.2, 0.25) is 10.0 Å². The van der Waals surface area contributed by atoms with Gasteiger partial charge in [0.05, 0.1) is 15.1 Å². The number of carbonyl (C=O) groups excluding carboxylic acids is 1. The van der Waals surface area contributed by atoms with Crippen molar-refractivity contribution in [2.75, 3.05) is 13.1 Å². The summed E-state index contributed by atoms with van der Waals surface area (Å²) in [7, 11) is -1.70. The number of rotatable bonds is 9. The van der Waals surface area contributed by atoms with Crippen molar-refractivity contribution < 1.29 is 13.2 Å². The molecule has 0 bridgehead atoms. The monoisotopic (exact) mass is 509 g/mol. The van der Waals surface area contributed by atoms with Crippen molar-refractivity contribution >= 4 is 48.3 Å². The van der Waals surface area contributed by atoms with Crippen LogP contribution in [0.4, 0.5) is 0 Å². The third kappa shape index (κ3) is 5.24. The summed E-state index contributed by atoms with van der Waals surface area (Å²) in [5.41, 5.74) is 1.38. The fourth-order valence-corrected chi connectivity index (χ4v) is 6.72. The second-order valence-corrected chi connectivity index (χ2v) is 11.5. The molecule has 0 spiro atoms. The highest BCUT2D eigenvalue weighted by Crippen LogP contribution is 2.27. The van der Waals surface area contributed by atoms with Crippen molar-refractivity contribution in [3.05, 3.63) is 71.0 Å². The van der Waals surface area contributed by atoms with Crippen LogP contribution in [0, 0.1) is 0 Å². The molecule has 0 aliphatic carbocycles. The van der Waals surface area contributed by atoms with Gasteiger partial charge in [0, 0.05) is 31.1 Å². The predicted molar refractivity (Wildman–Crippen MR) is 143 cm³/mol. The largest absolute Gasteiger partial charge is 0.319 e. The minimum atomic E-state index is -3.60. The summed E-state index contributed by atoms with van der Waals surface area (Å²) in [5, 5.41) is 2.27. The SMILES string of the molecule is CCCCN(CCCC)S(=O)(=O)c1ccc(C(=O)N=c2sc3c4ccccc4ccc3n2C)cc1. The molecular weight excluding hydrogens is 478 g/mol. The molecular formula is C27H31N3O3S2. The molecule has 4 rings (SSSR count). The molecule has 0 fully saturated rings. The zero-order valence-corrected chi connectivity index (χ0v) is 22.0. The van der Waals surface area contributed by atoms with E-state index in [1.165, 1.54) is 23.5 Å². The molecule has 184 valence electrons. The Morgan fingerprint density at radius 2 is 1.60 bits per heavy atom. The minimum Gasteiger partial charge on any atom is -0.319 e. The first-order chi connectivity index (χ1) is 16.9. The fraction of sp³-hybridized carbons (Fsp3) is 0.333. The third-order valence-corrected chi connectivity index (χ3v) is 9.25. The van der Waals surface area contributed by atoms with E-state index in [1.807, 2.05) is 43.7 Å². The Morgan fingerprint density at radius 3 is 2.26 bits per heavy atom. The zero-order chi connectivity index (χ0) is 25.0. The average molecular weight is 510 g/mol. The molecule has 0 aliphatic heterocycles. The normalized spacial score (nSPS) is 12.7. The van der Waals surface area contributed by atoms with Gasteiger partial charge in [-0.15, -0.1) is 0 Å². The Kier molecular flexibility index (Phi) is 7.84. The van der Waals surface area contributed by atoms with Gasteiger partial charge in [-0.05, 0) is 48.6 Å². The van der Waals surface area contributed by atoms with Crippen LogP contribution in [0.1, 0.15) is 49.9 Å². The van der Waals surface area contributed by atoms with E-state index >= 15 is 0 Å². The molecule has 8 heteroatoms. The Balaban J connectivity index is 1.63. The standard InChI is InChI=1S/C27H31N3O3S2/c1-4-6-18-30(19-7-5-2)35(32,33)22-15-12-21(13-16-22)26(31)28-27-29(3)24-17-14-20-10-8-9-11-23(20)25(24)34-27/h8-17H,4-7,18-19H2,1-3H3. The lowest BCUT2D eigenvalue weighted by atomic mass is 10.1. The number of hydrogen-bond donors (Lipinski definition) is 0. The highest BCUT2D eigenvalue weighted by Gasteiger charge is 2.23. The molecule has 6 nitrogen and oxygen atoms in total. The van der Waals surface area contributed by atoms with E-state index in [2.05, 4.69) is 23.2 Å². The second-order valence-electron chi connectivity index (χ2n) is 8.63. The lowest BCUT2D eigenvalue weighted by molar-refractivity contribution is 0.0998. The molecule has 0 saturated carbocycles. The molecule has 0 N–H and O–H groups in total. The number of thiazole rings is 1. The molecule has 0 aliphatic rings. The van der Waals surface area contributed by atoms with Crippen LogP contribution < -0.4 is 4.80 Å². The summed E-state index contributed by atoms with van der Waals surface area (Å²) in [6, 6.07) is 18.4. The first kappa shape index (κ1) is 25.3. The number of fused-ring (bicyclic) bond motifs is 3. The summed E-state index contributed by atoms with van der Waals surface area (Å²) in [4.78, 5) is 18.1. The van der Waals surface area contributed by atoms with Crippen molar-refractivity contribution in [1.82, 2.24) is 8.87 Å². The van der Waals surface area contributed by atoms with Crippen molar-refractivity contribution in [1.29, 1.82) is 0 Å². The number of carbonyl (C=O) groups is 1. The van der Waals surface area contributed by atoms with E-state index in [9.17, 15) is 13.2 Å². The summed E-state index contributed by atoms with van der Waals surface area (Å²) in [5.74, 6) is -0.394. The first-order valence-electron chi connectivity index (χ1n) is 12.0. The highest BCUT2D eigenvalue weighted by molar-refractivity contribution is 7.89. The molecule has 0 saturated heterocycles. The van der Waals surface area contributed by atoms with Crippen LogP contribution in [-0.4, -0.2) is 36.3 Å². The Labute approximate surface area is 210 Å². The number of benzene rings is 3. The number of amides is 1. The van der Waals surface area contributed by atoms with Crippen molar-refractivity contribution in [2.24, 2.45) is 12.0 Å². The van der Waals surface area contributed by atoms with Gasteiger partial charge in [0.25, 0.3) is 5.91 Å². The molecule has 0 atom stereocenters. The maximum Gasteiger partial charge on any atom is 0.279 e. The zero-order valence-electron chi connectivity index (χ0n) is 20.4. The number of hydrogen-bond acceptors (Lipinski definition) is 4. The van der Waals surface area contributed by atoms with E-state index in [0.717, 1.165) is 46.7 Å². The molecule has 4 aromatic rings. The summed E-state index contributed by atoms with van der Waals surface area (Å²) < 4.78 is 30.9.